The van der Waals surface area contributed by atoms with Crippen LogP contribution in [0.1, 0.15) is 19.7 Å². The molecule has 2 unspecified atom stereocenters. The van der Waals surface area contributed by atoms with Crippen LogP contribution in [0.4, 0.5) is 4.79 Å². The zero-order valence-electron chi connectivity index (χ0n) is 11.3. The summed E-state index contributed by atoms with van der Waals surface area (Å²) < 4.78 is 1.59. The van der Waals surface area contributed by atoms with Crippen molar-refractivity contribution < 1.29 is 14.7 Å². The number of aryl methyl sites for hydroxylation is 1. The van der Waals surface area contributed by atoms with E-state index in [9.17, 15) is 9.59 Å². The van der Waals surface area contributed by atoms with E-state index in [2.05, 4.69) is 20.7 Å². The van der Waals surface area contributed by atoms with Crippen molar-refractivity contribution in [3.8, 4) is 0 Å². The smallest absolute Gasteiger partial charge is 0.315 e. The molecule has 106 valence electrons. The molecule has 19 heavy (non-hydrogen) atoms. The summed E-state index contributed by atoms with van der Waals surface area (Å²) in [6.07, 6.45) is 2.11. The largest absolute Gasteiger partial charge is 0.481 e. The van der Waals surface area contributed by atoms with Crippen molar-refractivity contribution in [1.29, 1.82) is 0 Å². The Kier molecular flexibility index (Phi) is 5.28. The average molecular weight is 269 g/mol. The molecular formula is C11H19N5O3. The quantitative estimate of drug-likeness (QED) is 0.660. The van der Waals surface area contributed by atoms with E-state index in [1.54, 1.807) is 31.9 Å². The number of aliphatic carboxylic acids is 1. The minimum atomic E-state index is -0.939. The van der Waals surface area contributed by atoms with Crippen LogP contribution in [0.15, 0.2) is 6.33 Å². The van der Waals surface area contributed by atoms with Crippen LogP contribution < -0.4 is 10.6 Å². The van der Waals surface area contributed by atoms with Crippen LogP contribution in [0.5, 0.6) is 0 Å². The molecule has 3 N–H and O–H groups in total. The third kappa shape index (κ3) is 4.94. The number of carboxylic acid groups (broad SMARTS) is 1. The van der Waals surface area contributed by atoms with Gasteiger partial charge in [0.1, 0.15) is 6.33 Å². The number of aromatic nitrogens is 3. The Bertz CT molecular complexity index is 445. The van der Waals surface area contributed by atoms with Gasteiger partial charge in [-0.25, -0.2) is 9.78 Å². The van der Waals surface area contributed by atoms with E-state index in [1.165, 1.54) is 0 Å². The molecule has 1 aromatic rings. The van der Waals surface area contributed by atoms with Gasteiger partial charge in [0, 0.05) is 26.1 Å². The lowest BCUT2D eigenvalue weighted by Gasteiger charge is -2.17. The maximum Gasteiger partial charge on any atom is 0.315 e. The molecule has 1 rings (SSSR count). The second kappa shape index (κ2) is 6.72. The van der Waals surface area contributed by atoms with Crippen LogP contribution in [-0.2, 0) is 18.3 Å². The maximum absolute atomic E-state index is 11.5. The van der Waals surface area contributed by atoms with E-state index in [-0.39, 0.29) is 0 Å². The third-order valence-corrected chi connectivity index (χ3v) is 2.78. The van der Waals surface area contributed by atoms with Crippen LogP contribution in [0.25, 0.3) is 0 Å². The van der Waals surface area contributed by atoms with E-state index in [0.29, 0.717) is 18.8 Å². The summed E-state index contributed by atoms with van der Waals surface area (Å²) in [5.74, 6) is -0.927. The van der Waals surface area contributed by atoms with Gasteiger partial charge in [-0.2, -0.15) is 5.10 Å². The Morgan fingerprint density at radius 1 is 1.47 bits per heavy atom. The first kappa shape index (κ1) is 14.9. The highest BCUT2D eigenvalue weighted by Crippen LogP contribution is 2.01. The van der Waals surface area contributed by atoms with Crippen LogP contribution in [-0.4, -0.2) is 44.5 Å². The van der Waals surface area contributed by atoms with Gasteiger partial charge in [0.05, 0.1) is 5.92 Å². The molecule has 0 spiro atoms. The first-order valence-electron chi connectivity index (χ1n) is 6.02. The minimum Gasteiger partial charge on any atom is -0.481 e. The van der Waals surface area contributed by atoms with Crippen molar-refractivity contribution in [3.63, 3.8) is 0 Å². The number of carbonyl (C=O) groups is 2. The zero-order chi connectivity index (χ0) is 14.4. The van der Waals surface area contributed by atoms with Gasteiger partial charge >= 0.3 is 12.0 Å². The van der Waals surface area contributed by atoms with Crippen molar-refractivity contribution in [2.45, 2.75) is 26.3 Å². The highest BCUT2D eigenvalue weighted by molar-refractivity contribution is 5.76. The summed E-state index contributed by atoms with van der Waals surface area (Å²) >= 11 is 0. The Labute approximate surface area is 111 Å². The van der Waals surface area contributed by atoms with Crippen molar-refractivity contribution in [2.75, 3.05) is 6.54 Å². The van der Waals surface area contributed by atoms with Crippen molar-refractivity contribution >= 4 is 12.0 Å². The normalized spacial score (nSPS) is 13.6. The molecule has 2 amide bonds. The monoisotopic (exact) mass is 269 g/mol. The number of amides is 2. The van der Waals surface area contributed by atoms with Gasteiger partial charge in [-0.05, 0) is 13.8 Å². The molecule has 0 aromatic carbocycles. The number of urea groups is 1. The Balaban J connectivity index is 2.26. The predicted octanol–water partition coefficient (Wildman–Crippen LogP) is -0.234. The summed E-state index contributed by atoms with van der Waals surface area (Å²) in [7, 11) is 1.77. The van der Waals surface area contributed by atoms with Crippen molar-refractivity contribution in [1.82, 2.24) is 25.4 Å². The standard InChI is InChI=1S/C11H19N5O3/c1-7(10(17)18)8(2)14-11(19)12-5-4-9-13-6-16(3)15-9/h6-8H,4-5H2,1-3H3,(H,17,18)(H2,12,14,19). The van der Waals surface area contributed by atoms with Crippen LogP contribution >= 0.6 is 0 Å². The number of carboxylic acids is 1. The second-order valence-electron chi connectivity index (χ2n) is 4.40. The Hall–Kier alpha value is -2.12. The van der Waals surface area contributed by atoms with Gasteiger partial charge in [-0.3, -0.25) is 9.48 Å². The molecule has 0 aliphatic heterocycles. The molecule has 0 saturated heterocycles. The van der Waals surface area contributed by atoms with Gasteiger partial charge in [0.2, 0.25) is 0 Å². The van der Waals surface area contributed by atoms with Gasteiger partial charge < -0.3 is 15.7 Å². The molecular weight excluding hydrogens is 250 g/mol. The molecule has 1 heterocycles. The van der Waals surface area contributed by atoms with E-state index in [0.717, 1.165) is 0 Å². The predicted molar refractivity (Wildman–Crippen MR) is 67.5 cm³/mol. The first-order valence-corrected chi connectivity index (χ1v) is 6.02. The molecule has 2 atom stereocenters. The van der Waals surface area contributed by atoms with Crippen LogP contribution in [0, 0.1) is 5.92 Å². The maximum atomic E-state index is 11.5. The van der Waals surface area contributed by atoms with Crippen LogP contribution in [0.2, 0.25) is 0 Å². The van der Waals surface area contributed by atoms with E-state index >= 15 is 0 Å². The number of nitrogens with one attached hydrogen (secondary N) is 2. The summed E-state index contributed by atoms with van der Waals surface area (Å²) in [4.78, 5) is 26.3. The van der Waals surface area contributed by atoms with Gasteiger partial charge in [-0.15, -0.1) is 0 Å². The number of nitrogens with zero attached hydrogens (tertiary/aromatic N) is 3. The Morgan fingerprint density at radius 2 is 2.16 bits per heavy atom. The van der Waals surface area contributed by atoms with Gasteiger partial charge in [0.15, 0.2) is 5.82 Å². The molecule has 8 heteroatoms. The highest BCUT2D eigenvalue weighted by Gasteiger charge is 2.20. The van der Waals surface area contributed by atoms with E-state index < -0.39 is 24.0 Å². The number of hydrogen-bond donors (Lipinski definition) is 3. The summed E-state index contributed by atoms with van der Waals surface area (Å²) in [5, 5.41) is 18.1. The summed E-state index contributed by atoms with van der Waals surface area (Å²) in [6.45, 7) is 3.59. The van der Waals surface area contributed by atoms with Crippen molar-refractivity contribution in [2.24, 2.45) is 13.0 Å². The van der Waals surface area contributed by atoms with Crippen molar-refractivity contribution in [3.05, 3.63) is 12.2 Å². The molecule has 1 aromatic heterocycles. The number of hydrogen-bond acceptors (Lipinski definition) is 4. The fourth-order valence-corrected chi connectivity index (χ4v) is 1.38. The molecule has 0 bridgehead atoms. The third-order valence-electron chi connectivity index (χ3n) is 2.78. The molecule has 0 aliphatic rings. The fraction of sp³-hybridized carbons (Fsp3) is 0.636. The molecule has 0 saturated carbocycles. The lowest BCUT2D eigenvalue weighted by Crippen LogP contribution is -2.45. The topological polar surface area (TPSA) is 109 Å². The average Bonchev–Trinajstić information content (AvgIpc) is 2.73. The fourth-order valence-electron chi connectivity index (χ4n) is 1.38. The van der Waals surface area contributed by atoms with E-state index in [1.807, 2.05) is 0 Å². The number of carbonyl (C=O) groups excluding carboxylic acids is 1. The molecule has 0 aliphatic carbocycles. The summed E-state index contributed by atoms with van der Waals surface area (Å²) in [6, 6.07) is -0.831. The lowest BCUT2D eigenvalue weighted by molar-refractivity contribution is -0.141. The van der Waals surface area contributed by atoms with E-state index in [4.69, 9.17) is 5.11 Å². The first-order chi connectivity index (χ1) is 8.90. The number of rotatable bonds is 6. The summed E-state index contributed by atoms with van der Waals surface area (Å²) in [5.41, 5.74) is 0. The molecule has 8 nitrogen and oxygen atoms in total. The van der Waals surface area contributed by atoms with Gasteiger partial charge in [0.25, 0.3) is 0 Å². The Morgan fingerprint density at radius 3 is 2.68 bits per heavy atom. The zero-order valence-corrected chi connectivity index (χ0v) is 11.3. The second-order valence-corrected chi connectivity index (χ2v) is 4.40. The molecule has 0 fully saturated rings. The lowest BCUT2D eigenvalue weighted by atomic mass is 10.0. The SMILES string of the molecule is CC(NC(=O)NCCc1ncn(C)n1)C(C)C(=O)O. The van der Waals surface area contributed by atoms with Crippen LogP contribution in [0.3, 0.4) is 0 Å². The highest BCUT2D eigenvalue weighted by atomic mass is 16.4. The molecule has 0 radical (unpaired) electrons. The van der Waals surface area contributed by atoms with Gasteiger partial charge in [-0.1, -0.05) is 0 Å². The minimum absolute atomic E-state index is 0.392.